The van der Waals surface area contributed by atoms with E-state index < -0.39 is 5.54 Å². The van der Waals surface area contributed by atoms with Crippen LogP contribution in [0, 0.1) is 5.92 Å². The number of amides is 1. The third kappa shape index (κ3) is 1.90. The van der Waals surface area contributed by atoms with E-state index in [1.165, 1.54) is 0 Å². The highest BCUT2D eigenvalue weighted by Crippen LogP contribution is 2.20. The molecule has 0 fully saturated rings. The smallest absolute Gasteiger partial charge is 0.252 e. The van der Waals surface area contributed by atoms with E-state index in [9.17, 15) is 4.79 Å². The quantitative estimate of drug-likeness (QED) is 0.709. The molecule has 3 nitrogen and oxygen atoms in total. The number of amidine groups is 1. The molecule has 1 N–H and O–H groups in total. The van der Waals surface area contributed by atoms with E-state index in [0.717, 1.165) is 18.7 Å². The Labute approximate surface area is 79.6 Å². The molecule has 1 rings (SSSR count). The fourth-order valence-electron chi connectivity index (χ4n) is 1.52. The highest BCUT2D eigenvalue weighted by Gasteiger charge is 2.35. The lowest BCUT2D eigenvalue weighted by atomic mass is 10.0. The summed E-state index contributed by atoms with van der Waals surface area (Å²) in [7, 11) is 0. The van der Waals surface area contributed by atoms with Crippen LogP contribution in [-0.4, -0.2) is 17.3 Å². The summed E-state index contributed by atoms with van der Waals surface area (Å²) in [5.41, 5.74) is -0.558. The predicted octanol–water partition coefficient (Wildman–Crippen LogP) is 1.73. The Morgan fingerprint density at radius 2 is 1.92 bits per heavy atom. The normalized spacial score (nSPS) is 20.4. The molecule has 1 heterocycles. The fourth-order valence-corrected chi connectivity index (χ4v) is 1.52. The second-order valence-corrected chi connectivity index (χ2v) is 4.02. The van der Waals surface area contributed by atoms with Crippen molar-refractivity contribution in [2.75, 3.05) is 0 Å². The van der Waals surface area contributed by atoms with E-state index in [0.29, 0.717) is 5.92 Å². The predicted molar refractivity (Wildman–Crippen MR) is 53.7 cm³/mol. The van der Waals surface area contributed by atoms with Gasteiger partial charge < -0.3 is 5.32 Å². The SMILES string of the molecule is CCC(CC)C1=NC(C)(C)C(=O)N1. The molecule has 0 aromatic carbocycles. The van der Waals surface area contributed by atoms with Gasteiger partial charge in [-0.3, -0.25) is 9.79 Å². The summed E-state index contributed by atoms with van der Waals surface area (Å²) in [6.07, 6.45) is 2.07. The van der Waals surface area contributed by atoms with E-state index in [1.54, 1.807) is 0 Å². The summed E-state index contributed by atoms with van der Waals surface area (Å²) in [5, 5.41) is 2.86. The Hall–Kier alpha value is -0.860. The summed E-state index contributed by atoms with van der Waals surface area (Å²) in [6, 6.07) is 0. The van der Waals surface area contributed by atoms with Gasteiger partial charge in [-0.2, -0.15) is 0 Å². The van der Waals surface area contributed by atoms with Crippen molar-refractivity contribution in [3.8, 4) is 0 Å². The Balaban J connectivity index is 2.80. The largest absolute Gasteiger partial charge is 0.312 e. The molecule has 0 bridgehead atoms. The molecule has 0 aromatic rings. The zero-order valence-corrected chi connectivity index (χ0v) is 8.85. The summed E-state index contributed by atoms with van der Waals surface area (Å²) in [5.74, 6) is 1.31. The Kier molecular flexibility index (Phi) is 2.74. The maximum atomic E-state index is 11.4. The maximum Gasteiger partial charge on any atom is 0.252 e. The molecule has 1 aliphatic rings. The minimum absolute atomic E-state index is 0.0226. The summed E-state index contributed by atoms with van der Waals surface area (Å²) < 4.78 is 0. The first-order valence-corrected chi connectivity index (χ1v) is 4.92. The van der Waals surface area contributed by atoms with E-state index in [4.69, 9.17) is 0 Å². The lowest BCUT2D eigenvalue weighted by molar-refractivity contribution is -0.122. The summed E-state index contributed by atoms with van der Waals surface area (Å²) >= 11 is 0. The number of nitrogens with one attached hydrogen (secondary N) is 1. The van der Waals surface area contributed by atoms with Crippen LogP contribution in [0.3, 0.4) is 0 Å². The number of hydrogen-bond acceptors (Lipinski definition) is 2. The van der Waals surface area contributed by atoms with Crippen LogP contribution in [-0.2, 0) is 4.79 Å². The second kappa shape index (κ2) is 3.48. The average Bonchev–Trinajstić information content (AvgIpc) is 2.29. The molecule has 0 atom stereocenters. The van der Waals surface area contributed by atoms with E-state index in [-0.39, 0.29) is 5.91 Å². The van der Waals surface area contributed by atoms with Gasteiger partial charge in [-0.15, -0.1) is 0 Å². The molecule has 0 aliphatic carbocycles. The van der Waals surface area contributed by atoms with Crippen molar-refractivity contribution in [2.45, 2.75) is 46.1 Å². The number of aliphatic imine (C=N–C) groups is 1. The lowest BCUT2D eigenvalue weighted by Crippen LogP contribution is -2.36. The minimum atomic E-state index is -0.558. The zero-order valence-electron chi connectivity index (χ0n) is 8.85. The van der Waals surface area contributed by atoms with E-state index in [1.807, 2.05) is 13.8 Å². The summed E-state index contributed by atoms with van der Waals surface area (Å²) in [6.45, 7) is 7.93. The van der Waals surface area contributed by atoms with Crippen molar-refractivity contribution in [2.24, 2.45) is 10.9 Å². The molecule has 0 radical (unpaired) electrons. The molecule has 1 amide bonds. The van der Waals surface area contributed by atoms with Crippen LogP contribution < -0.4 is 5.32 Å². The van der Waals surface area contributed by atoms with Gasteiger partial charge in [0.05, 0.1) is 0 Å². The number of nitrogens with zero attached hydrogens (tertiary/aromatic N) is 1. The van der Waals surface area contributed by atoms with Gasteiger partial charge in [0, 0.05) is 5.92 Å². The molecular weight excluding hydrogens is 164 g/mol. The highest BCUT2D eigenvalue weighted by atomic mass is 16.2. The molecule has 0 saturated carbocycles. The highest BCUT2D eigenvalue weighted by molar-refractivity contribution is 6.08. The Morgan fingerprint density at radius 3 is 2.23 bits per heavy atom. The second-order valence-electron chi connectivity index (χ2n) is 4.02. The van der Waals surface area contributed by atoms with Crippen LogP contribution >= 0.6 is 0 Å². The van der Waals surface area contributed by atoms with Crippen molar-refractivity contribution in [1.29, 1.82) is 0 Å². The summed E-state index contributed by atoms with van der Waals surface area (Å²) in [4.78, 5) is 15.8. The van der Waals surface area contributed by atoms with Gasteiger partial charge >= 0.3 is 0 Å². The molecular formula is C10H18N2O. The van der Waals surface area contributed by atoms with Crippen molar-refractivity contribution in [3.05, 3.63) is 0 Å². The van der Waals surface area contributed by atoms with Crippen molar-refractivity contribution in [1.82, 2.24) is 5.32 Å². The van der Waals surface area contributed by atoms with Gasteiger partial charge in [0.1, 0.15) is 11.4 Å². The maximum absolute atomic E-state index is 11.4. The van der Waals surface area contributed by atoms with E-state index >= 15 is 0 Å². The Bertz CT molecular complexity index is 239. The Morgan fingerprint density at radius 1 is 1.38 bits per heavy atom. The van der Waals surface area contributed by atoms with Gasteiger partial charge in [-0.1, -0.05) is 13.8 Å². The first-order chi connectivity index (χ1) is 6.01. The van der Waals surface area contributed by atoms with Gasteiger partial charge in [-0.25, -0.2) is 0 Å². The van der Waals surface area contributed by atoms with Crippen molar-refractivity contribution < 1.29 is 4.79 Å². The third-order valence-corrected chi connectivity index (χ3v) is 2.57. The average molecular weight is 182 g/mol. The van der Waals surface area contributed by atoms with Crippen molar-refractivity contribution in [3.63, 3.8) is 0 Å². The standard InChI is InChI=1S/C10H18N2O/c1-5-7(6-2)8-11-9(13)10(3,4)12-8/h7H,5-6H2,1-4H3,(H,11,12,13). The molecule has 0 spiro atoms. The zero-order chi connectivity index (χ0) is 10.1. The monoisotopic (exact) mass is 182 g/mol. The molecule has 0 saturated heterocycles. The van der Waals surface area contributed by atoms with Crippen LogP contribution in [0.1, 0.15) is 40.5 Å². The number of rotatable bonds is 3. The number of carbonyl (C=O) groups is 1. The van der Waals surface area contributed by atoms with Gasteiger partial charge in [0.2, 0.25) is 0 Å². The van der Waals surface area contributed by atoms with Gasteiger partial charge in [0.25, 0.3) is 5.91 Å². The van der Waals surface area contributed by atoms with Crippen molar-refractivity contribution >= 4 is 11.7 Å². The third-order valence-electron chi connectivity index (χ3n) is 2.57. The van der Waals surface area contributed by atoms with Gasteiger partial charge in [-0.05, 0) is 26.7 Å². The van der Waals surface area contributed by atoms with E-state index in [2.05, 4.69) is 24.2 Å². The van der Waals surface area contributed by atoms with Crippen LogP contribution in [0.2, 0.25) is 0 Å². The first kappa shape index (κ1) is 10.2. The molecule has 3 heteroatoms. The molecule has 1 aliphatic heterocycles. The van der Waals surface area contributed by atoms with Crippen LogP contribution in [0.4, 0.5) is 0 Å². The van der Waals surface area contributed by atoms with Crippen LogP contribution in [0.25, 0.3) is 0 Å². The number of hydrogen-bond donors (Lipinski definition) is 1. The first-order valence-electron chi connectivity index (χ1n) is 4.92. The lowest BCUT2D eigenvalue weighted by Gasteiger charge is -2.10. The molecule has 0 unspecified atom stereocenters. The number of carbonyl (C=O) groups excluding carboxylic acids is 1. The molecule has 13 heavy (non-hydrogen) atoms. The van der Waals surface area contributed by atoms with Crippen LogP contribution in [0.15, 0.2) is 4.99 Å². The van der Waals surface area contributed by atoms with Crippen LogP contribution in [0.5, 0.6) is 0 Å². The van der Waals surface area contributed by atoms with Gasteiger partial charge in [0.15, 0.2) is 0 Å². The molecule has 0 aromatic heterocycles. The fraction of sp³-hybridized carbons (Fsp3) is 0.800. The minimum Gasteiger partial charge on any atom is -0.312 e. The topological polar surface area (TPSA) is 41.5 Å². The molecule has 74 valence electrons.